The van der Waals surface area contributed by atoms with Gasteiger partial charge in [0.1, 0.15) is 24.3 Å². The van der Waals surface area contributed by atoms with E-state index in [-0.39, 0.29) is 25.0 Å². The molecule has 4 rings (SSSR count). The first-order valence-corrected chi connectivity index (χ1v) is 14.0. The topological polar surface area (TPSA) is 109 Å². The smallest absolute Gasteiger partial charge is 0.367 e. The van der Waals surface area contributed by atoms with Gasteiger partial charge in [0.2, 0.25) is 12.9 Å². The van der Waals surface area contributed by atoms with Crippen molar-refractivity contribution in [3.8, 4) is 10.6 Å². The molecule has 1 saturated carbocycles. The summed E-state index contributed by atoms with van der Waals surface area (Å²) in [4.78, 5) is 23.0. The molecule has 1 unspecified atom stereocenters. The van der Waals surface area contributed by atoms with Crippen LogP contribution in [0.2, 0.25) is 0 Å². The van der Waals surface area contributed by atoms with Gasteiger partial charge in [-0.25, -0.2) is 32.1 Å². The van der Waals surface area contributed by atoms with Crippen molar-refractivity contribution < 1.29 is 35.3 Å². The van der Waals surface area contributed by atoms with Gasteiger partial charge in [-0.05, 0) is 38.2 Å². The van der Waals surface area contributed by atoms with Gasteiger partial charge in [-0.3, -0.25) is 0 Å². The molecule has 3 N–H and O–H groups in total. The predicted molar refractivity (Wildman–Crippen MR) is 145 cm³/mol. The van der Waals surface area contributed by atoms with Gasteiger partial charge in [0.25, 0.3) is 0 Å². The zero-order valence-corrected chi connectivity index (χ0v) is 23.2. The fourth-order valence-electron chi connectivity index (χ4n) is 4.18. The van der Waals surface area contributed by atoms with Gasteiger partial charge in [0.05, 0.1) is 21.8 Å². The lowest BCUT2D eigenvalue weighted by Crippen LogP contribution is -2.33. The van der Waals surface area contributed by atoms with Gasteiger partial charge in [0.15, 0.2) is 11.0 Å². The van der Waals surface area contributed by atoms with Crippen LogP contribution in [0.1, 0.15) is 35.5 Å². The van der Waals surface area contributed by atoms with Crippen molar-refractivity contribution in [1.82, 2.24) is 19.7 Å². The number of nitrogens with one attached hydrogen (secondary N) is 3. The molecule has 2 aliphatic rings. The Morgan fingerprint density at radius 1 is 1.12 bits per heavy atom. The van der Waals surface area contributed by atoms with E-state index in [0.717, 1.165) is 27.6 Å². The number of thiazole rings is 1. The Morgan fingerprint density at radius 2 is 1.85 bits per heavy atom. The van der Waals surface area contributed by atoms with Gasteiger partial charge in [-0.1, -0.05) is 18.2 Å². The summed E-state index contributed by atoms with van der Waals surface area (Å²) < 4.78 is 82.9. The molecule has 0 aliphatic heterocycles. The van der Waals surface area contributed by atoms with Crippen LogP contribution in [0.25, 0.3) is 16.6 Å². The minimum Gasteiger partial charge on any atom is -0.367 e. The molecule has 222 valence electrons. The number of anilines is 2. The minimum absolute atomic E-state index is 0.0162. The number of allylic oxidation sites excluding steroid dienone is 3. The van der Waals surface area contributed by atoms with Crippen LogP contribution in [0.5, 0.6) is 0 Å². The number of fused-ring (bicyclic) bond motifs is 1. The summed E-state index contributed by atoms with van der Waals surface area (Å²) in [7, 11) is -3.07. The molecule has 0 radical (unpaired) electrons. The second-order valence-electron chi connectivity index (χ2n) is 8.48. The fraction of sp³-hybridized carbons (Fsp3) is 0.500. The molecule has 0 amide bonds. The number of rotatable bonds is 9. The van der Waals surface area contributed by atoms with Gasteiger partial charge in [-0.15, -0.1) is 11.3 Å². The summed E-state index contributed by atoms with van der Waals surface area (Å²) in [5, 5.41) is 7.06. The highest BCUT2D eigenvalue weighted by Gasteiger charge is 2.38. The number of halogens is 6. The van der Waals surface area contributed by atoms with E-state index in [2.05, 4.69) is 25.3 Å². The molecule has 16 heteroatoms. The van der Waals surface area contributed by atoms with Crippen molar-refractivity contribution in [1.29, 1.82) is 0 Å². The molecule has 8 nitrogen and oxygen atoms in total. The van der Waals surface area contributed by atoms with E-state index < -0.39 is 30.1 Å². The lowest BCUT2D eigenvalue weighted by atomic mass is 10.1. The maximum absolute atomic E-state index is 12.7. The standard InChI is InChI=1S/C22H26F4N6OS2.CH2F2.CH2O/c1-13-18(20-31-16-5-3-2-4-6-17(16)34-20)19(32-21(29-13)27-10-9-23)30-15-8-7-14(11-15)12-28-35(33)22(24,25)26;2-1-3;1-2/h2-4,6,14-15,28H,5,7-12H2,1H3,(H2,27,29,30,32);1H2;1H2/t14-,15+,35?;;/m1../s1. The van der Waals surface area contributed by atoms with E-state index in [9.17, 15) is 30.6 Å². The molecule has 2 aromatic heterocycles. The normalized spacial score (nSPS) is 18.5. The zero-order valence-electron chi connectivity index (χ0n) is 21.6. The number of nitrogens with zero attached hydrogens (tertiary/aromatic N) is 3. The Bertz CT molecular complexity index is 1180. The van der Waals surface area contributed by atoms with Crippen LogP contribution in [0.15, 0.2) is 18.2 Å². The van der Waals surface area contributed by atoms with Crippen LogP contribution in [-0.4, -0.2) is 64.2 Å². The summed E-state index contributed by atoms with van der Waals surface area (Å²) in [5.41, 5.74) is -2.37. The molecular formula is C24H30F6N6O2S2. The zero-order chi connectivity index (χ0) is 29.7. The van der Waals surface area contributed by atoms with E-state index in [0.29, 0.717) is 36.7 Å². The van der Waals surface area contributed by atoms with E-state index in [1.807, 2.05) is 38.0 Å². The van der Waals surface area contributed by atoms with E-state index in [1.165, 1.54) is 11.3 Å². The summed E-state index contributed by atoms with van der Waals surface area (Å²) in [6.07, 6.45) is 10.7. The predicted octanol–water partition coefficient (Wildman–Crippen LogP) is 5.47. The lowest BCUT2D eigenvalue weighted by Gasteiger charge is -2.18. The van der Waals surface area contributed by atoms with Crippen molar-refractivity contribution in [2.45, 2.75) is 44.2 Å². The quantitative estimate of drug-likeness (QED) is 0.323. The summed E-state index contributed by atoms with van der Waals surface area (Å²) >= 11 is 1.54. The third-order valence-corrected chi connectivity index (χ3v) is 7.74. The Morgan fingerprint density at radius 3 is 2.52 bits per heavy atom. The van der Waals surface area contributed by atoms with E-state index in [1.54, 1.807) is 0 Å². The third kappa shape index (κ3) is 9.66. The first-order chi connectivity index (χ1) is 19.2. The molecule has 0 saturated heterocycles. The Hall–Kier alpha value is -2.85. The third-order valence-electron chi connectivity index (χ3n) is 5.81. The minimum atomic E-state index is -4.77. The Kier molecular flexibility index (Phi) is 13.7. The Balaban J connectivity index is 0.00000105. The first kappa shape index (κ1) is 33.4. The summed E-state index contributed by atoms with van der Waals surface area (Å²) in [6, 6.07) is -0.0381. The molecule has 2 heterocycles. The number of hydrogen-bond acceptors (Lipinski definition) is 8. The monoisotopic (exact) mass is 612 g/mol. The molecule has 2 aliphatic carbocycles. The van der Waals surface area contributed by atoms with Crippen molar-refractivity contribution in [3.05, 3.63) is 34.5 Å². The lowest BCUT2D eigenvalue weighted by molar-refractivity contribution is -0.0980. The van der Waals surface area contributed by atoms with Crippen LogP contribution in [-0.2, 0) is 22.2 Å². The average molecular weight is 613 g/mol. The molecular weight excluding hydrogens is 582 g/mol. The van der Waals surface area contributed by atoms with Crippen LogP contribution >= 0.6 is 11.3 Å². The maximum atomic E-state index is 12.7. The first-order valence-electron chi connectivity index (χ1n) is 12.1. The second kappa shape index (κ2) is 16.4. The molecule has 2 aromatic rings. The molecule has 0 aromatic carbocycles. The highest BCUT2D eigenvalue weighted by molar-refractivity contribution is 7.83. The van der Waals surface area contributed by atoms with Gasteiger partial charge in [0, 0.05) is 25.6 Å². The van der Waals surface area contributed by atoms with Crippen LogP contribution < -0.4 is 15.4 Å². The summed E-state index contributed by atoms with van der Waals surface area (Å²) in [6.45, 7) is 1.62. The number of alkyl halides is 6. The van der Waals surface area contributed by atoms with Crippen molar-refractivity contribution >= 4 is 47.0 Å². The number of hydrogen-bond donors (Lipinski definition) is 3. The van der Waals surface area contributed by atoms with Crippen LogP contribution in [0, 0.1) is 12.8 Å². The number of carbonyl (C=O) groups excluding carboxylic acids is 1. The van der Waals surface area contributed by atoms with Gasteiger partial charge < -0.3 is 15.4 Å². The van der Waals surface area contributed by atoms with Crippen molar-refractivity contribution in [3.63, 3.8) is 0 Å². The van der Waals surface area contributed by atoms with E-state index >= 15 is 0 Å². The maximum Gasteiger partial charge on any atom is 0.485 e. The average Bonchev–Trinajstić information content (AvgIpc) is 3.47. The number of carbonyl (C=O) groups is 1. The van der Waals surface area contributed by atoms with Gasteiger partial charge >= 0.3 is 5.51 Å². The molecule has 40 heavy (non-hydrogen) atoms. The molecule has 1 fully saturated rings. The Labute approximate surface area is 234 Å². The molecule has 0 bridgehead atoms. The van der Waals surface area contributed by atoms with Crippen LogP contribution in [0.4, 0.5) is 38.1 Å². The highest BCUT2D eigenvalue weighted by atomic mass is 32.2. The van der Waals surface area contributed by atoms with Crippen LogP contribution in [0.3, 0.4) is 0 Å². The highest BCUT2D eigenvalue weighted by Crippen LogP contribution is 2.38. The molecule has 3 atom stereocenters. The summed E-state index contributed by atoms with van der Waals surface area (Å²) in [5.74, 6) is 0.797. The van der Waals surface area contributed by atoms with Gasteiger partial charge in [-0.2, -0.15) is 18.2 Å². The second-order valence-corrected chi connectivity index (χ2v) is 10.8. The SMILES string of the molecule is C=O.Cc1nc(NCCF)nc(N[C@H]2CC[C@@H](CNS(=O)C(F)(F)F)C2)c1-c1nc2c(s1)C=CC=CC2.FCF. The fourth-order valence-corrected chi connectivity index (χ4v) is 5.83. The largest absolute Gasteiger partial charge is 0.485 e. The van der Waals surface area contributed by atoms with Crippen molar-refractivity contribution in [2.24, 2.45) is 5.92 Å². The number of aromatic nitrogens is 3. The number of aryl methyl sites for hydroxylation is 1. The van der Waals surface area contributed by atoms with E-state index in [4.69, 9.17) is 9.78 Å². The van der Waals surface area contributed by atoms with Crippen molar-refractivity contribution in [2.75, 3.05) is 37.3 Å². The molecule has 0 spiro atoms.